The van der Waals surface area contributed by atoms with Crippen molar-refractivity contribution in [1.82, 2.24) is 0 Å². The van der Waals surface area contributed by atoms with Crippen LogP contribution in [-0.2, 0) is 4.74 Å². The molecule has 0 N–H and O–H groups in total. The molecule has 0 saturated carbocycles. The molecule has 8 heteroatoms. The molecule has 0 atom stereocenters. The van der Waals surface area contributed by atoms with Crippen molar-refractivity contribution in [3.05, 3.63) is 27.7 Å². The molecular formula is C11H7BrF3NO3. The minimum absolute atomic E-state index is 0.0531. The number of hydrogen-bond donors (Lipinski definition) is 0. The average Bonchev–Trinajstić information content (AvgIpc) is 2.30. The maximum Gasteiger partial charge on any atom is 0.573 e. The molecule has 0 aliphatic heterocycles. The molecule has 0 heterocycles. The monoisotopic (exact) mass is 337 g/mol. The van der Waals surface area contributed by atoms with Crippen LogP contribution >= 0.6 is 15.9 Å². The minimum atomic E-state index is -4.93. The maximum atomic E-state index is 12.2. The lowest BCUT2D eigenvalue weighted by Crippen LogP contribution is -2.18. The van der Waals surface area contributed by atoms with E-state index in [1.807, 2.05) is 0 Å². The van der Waals surface area contributed by atoms with Gasteiger partial charge in [0.15, 0.2) is 0 Å². The Hall–Kier alpha value is -1.75. The number of carbonyl (C=O) groups excluding carboxylic acids is 1. The van der Waals surface area contributed by atoms with E-state index in [1.165, 1.54) is 0 Å². The fraction of sp³-hybridized carbons (Fsp3) is 0.273. The molecule has 1 aromatic carbocycles. The first-order valence-corrected chi connectivity index (χ1v) is 5.74. The van der Waals surface area contributed by atoms with Gasteiger partial charge in [0.2, 0.25) is 0 Å². The highest BCUT2D eigenvalue weighted by Crippen LogP contribution is 2.34. The zero-order valence-electron chi connectivity index (χ0n) is 9.55. The molecular weight excluding hydrogens is 331 g/mol. The second kappa shape index (κ2) is 5.93. The molecule has 0 amide bonds. The Bertz CT molecular complexity index is 537. The van der Waals surface area contributed by atoms with Crippen LogP contribution in [0.5, 0.6) is 5.75 Å². The zero-order chi connectivity index (χ0) is 14.6. The zero-order valence-corrected chi connectivity index (χ0v) is 11.1. The van der Waals surface area contributed by atoms with E-state index in [2.05, 4.69) is 25.4 Å². The van der Waals surface area contributed by atoms with Gasteiger partial charge in [0.25, 0.3) is 0 Å². The second-order valence-corrected chi connectivity index (χ2v) is 4.01. The largest absolute Gasteiger partial charge is 0.573 e. The lowest BCUT2D eigenvalue weighted by atomic mass is 10.1. The number of halogens is 4. The van der Waals surface area contributed by atoms with Gasteiger partial charge in [0.1, 0.15) is 5.75 Å². The number of ether oxygens (including phenoxy) is 2. The molecule has 102 valence electrons. The standard InChI is InChI=1S/C11H7BrF3NO3/c1-2-18-10(17)7-3-6(5-16)4-8(9(7)12)19-11(13,14)15/h3-4H,2H2,1H3. The summed E-state index contributed by atoms with van der Waals surface area (Å²) in [5.74, 6) is -1.52. The molecule has 0 unspecified atom stereocenters. The number of benzene rings is 1. The molecule has 1 aromatic rings. The Kier molecular flexibility index (Phi) is 4.78. The number of nitrogens with zero attached hydrogens (tertiary/aromatic N) is 1. The molecule has 19 heavy (non-hydrogen) atoms. The van der Waals surface area contributed by atoms with Gasteiger partial charge in [-0.1, -0.05) is 0 Å². The number of nitriles is 1. The van der Waals surface area contributed by atoms with Crippen LogP contribution in [-0.4, -0.2) is 18.9 Å². The minimum Gasteiger partial charge on any atom is -0.462 e. The van der Waals surface area contributed by atoms with E-state index in [1.54, 1.807) is 13.0 Å². The number of carbonyl (C=O) groups is 1. The Morgan fingerprint density at radius 2 is 2.11 bits per heavy atom. The van der Waals surface area contributed by atoms with E-state index in [-0.39, 0.29) is 22.2 Å². The summed E-state index contributed by atoms with van der Waals surface area (Å²) in [5, 5.41) is 8.73. The fourth-order valence-electron chi connectivity index (χ4n) is 1.22. The van der Waals surface area contributed by atoms with Gasteiger partial charge < -0.3 is 9.47 Å². The maximum absolute atomic E-state index is 12.2. The molecule has 0 radical (unpaired) electrons. The number of rotatable bonds is 3. The van der Waals surface area contributed by atoms with E-state index < -0.39 is 18.1 Å². The Morgan fingerprint density at radius 1 is 1.47 bits per heavy atom. The quantitative estimate of drug-likeness (QED) is 0.793. The van der Waals surface area contributed by atoms with Crippen LogP contribution in [0, 0.1) is 11.3 Å². The first-order valence-electron chi connectivity index (χ1n) is 4.95. The van der Waals surface area contributed by atoms with Crippen molar-refractivity contribution in [2.75, 3.05) is 6.61 Å². The van der Waals surface area contributed by atoms with Gasteiger partial charge in [-0.2, -0.15) is 5.26 Å². The van der Waals surface area contributed by atoms with Gasteiger partial charge in [-0.05, 0) is 35.0 Å². The lowest BCUT2D eigenvalue weighted by Gasteiger charge is -2.13. The van der Waals surface area contributed by atoms with Crippen molar-refractivity contribution in [1.29, 1.82) is 5.26 Å². The predicted molar refractivity (Wildman–Crippen MR) is 61.5 cm³/mol. The lowest BCUT2D eigenvalue weighted by molar-refractivity contribution is -0.274. The van der Waals surface area contributed by atoms with Crippen molar-refractivity contribution in [3.8, 4) is 11.8 Å². The molecule has 1 rings (SSSR count). The van der Waals surface area contributed by atoms with E-state index >= 15 is 0 Å². The van der Waals surface area contributed by atoms with Crippen LogP contribution in [0.15, 0.2) is 16.6 Å². The van der Waals surface area contributed by atoms with Crippen molar-refractivity contribution < 1.29 is 27.4 Å². The summed E-state index contributed by atoms with van der Waals surface area (Å²) in [6.45, 7) is 1.60. The number of hydrogen-bond acceptors (Lipinski definition) is 4. The summed E-state index contributed by atoms with van der Waals surface area (Å²) in [4.78, 5) is 11.6. The van der Waals surface area contributed by atoms with Crippen molar-refractivity contribution >= 4 is 21.9 Å². The molecule has 0 aromatic heterocycles. The van der Waals surface area contributed by atoms with E-state index in [4.69, 9.17) is 5.26 Å². The van der Waals surface area contributed by atoms with Gasteiger partial charge in [-0.3, -0.25) is 0 Å². The van der Waals surface area contributed by atoms with Gasteiger partial charge in [-0.25, -0.2) is 4.79 Å². The molecule has 0 spiro atoms. The Labute approximate surface area is 114 Å². The Balaban J connectivity index is 3.29. The van der Waals surface area contributed by atoms with Crippen LogP contribution < -0.4 is 4.74 Å². The van der Waals surface area contributed by atoms with Gasteiger partial charge in [-0.15, -0.1) is 13.2 Å². The number of alkyl halides is 3. The first-order chi connectivity index (χ1) is 8.78. The molecule has 4 nitrogen and oxygen atoms in total. The smallest absolute Gasteiger partial charge is 0.462 e. The summed E-state index contributed by atoms with van der Waals surface area (Å²) in [7, 11) is 0. The van der Waals surface area contributed by atoms with E-state index in [9.17, 15) is 18.0 Å². The highest BCUT2D eigenvalue weighted by molar-refractivity contribution is 9.10. The normalized spacial score (nSPS) is 10.7. The Morgan fingerprint density at radius 3 is 2.58 bits per heavy atom. The summed E-state index contributed by atoms with van der Waals surface area (Å²) < 4.78 is 44.8. The highest BCUT2D eigenvalue weighted by Gasteiger charge is 2.33. The summed E-state index contributed by atoms with van der Waals surface area (Å²) in [5.41, 5.74) is -0.356. The third-order valence-electron chi connectivity index (χ3n) is 1.89. The topological polar surface area (TPSA) is 59.3 Å². The van der Waals surface area contributed by atoms with Crippen LogP contribution in [0.3, 0.4) is 0 Å². The van der Waals surface area contributed by atoms with Crippen LogP contribution in [0.2, 0.25) is 0 Å². The third-order valence-corrected chi connectivity index (χ3v) is 2.71. The fourth-order valence-corrected chi connectivity index (χ4v) is 1.69. The highest BCUT2D eigenvalue weighted by atomic mass is 79.9. The SMILES string of the molecule is CCOC(=O)c1cc(C#N)cc(OC(F)(F)F)c1Br. The third kappa shape index (κ3) is 4.13. The predicted octanol–water partition coefficient (Wildman–Crippen LogP) is 3.40. The van der Waals surface area contributed by atoms with Crippen LogP contribution in [0.4, 0.5) is 13.2 Å². The average molecular weight is 338 g/mol. The summed E-state index contributed by atoms with van der Waals surface area (Å²) >= 11 is 2.83. The van der Waals surface area contributed by atoms with Gasteiger partial charge in [0.05, 0.1) is 28.3 Å². The molecule has 0 aliphatic carbocycles. The van der Waals surface area contributed by atoms with Crippen molar-refractivity contribution in [3.63, 3.8) is 0 Å². The molecule has 0 bridgehead atoms. The van der Waals surface area contributed by atoms with Crippen LogP contribution in [0.25, 0.3) is 0 Å². The van der Waals surface area contributed by atoms with E-state index in [0.717, 1.165) is 12.1 Å². The van der Waals surface area contributed by atoms with Crippen molar-refractivity contribution in [2.24, 2.45) is 0 Å². The van der Waals surface area contributed by atoms with Crippen LogP contribution in [0.1, 0.15) is 22.8 Å². The van der Waals surface area contributed by atoms with Crippen molar-refractivity contribution in [2.45, 2.75) is 13.3 Å². The number of esters is 1. The second-order valence-electron chi connectivity index (χ2n) is 3.22. The molecule has 0 fully saturated rings. The first kappa shape index (κ1) is 15.3. The molecule has 0 saturated heterocycles. The summed E-state index contributed by atoms with van der Waals surface area (Å²) in [6, 6.07) is 3.63. The van der Waals surface area contributed by atoms with E-state index in [0.29, 0.717) is 0 Å². The van der Waals surface area contributed by atoms with Gasteiger partial charge >= 0.3 is 12.3 Å². The summed E-state index contributed by atoms with van der Waals surface area (Å²) in [6.07, 6.45) is -4.93. The van der Waals surface area contributed by atoms with Gasteiger partial charge in [0, 0.05) is 0 Å². The molecule has 0 aliphatic rings.